The van der Waals surface area contributed by atoms with Gasteiger partial charge in [-0.2, -0.15) is 0 Å². The number of aliphatic imine (C=N–C) groups is 1. The lowest BCUT2D eigenvalue weighted by molar-refractivity contribution is -0.121. The highest BCUT2D eigenvalue weighted by molar-refractivity contribution is 6.37. The molecule has 2 aliphatic heterocycles. The van der Waals surface area contributed by atoms with Crippen LogP contribution in [0, 0.1) is 0 Å². The number of amides is 1. The van der Waals surface area contributed by atoms with E-state index in [-0.39, 0.29) is 12.1 Å². The second-order valence-electron chi connectivity index (χ2n) is 10.1. The van der Waals surface area contributed by atoms with E-state index in [1.165, 1.54) is 5.69 Å². The van der Waals surface area contributed by atoms with E-state index in [0.717, 1.165) is 48.8 Å². The van der Waals surface area contributed by atoms with Gasteiger partial charge in [-0.05, 0) is 76.4 Å². The predicted octanol–water partition coefficient (Wildman–Crippen LogP) is 6.40. The fourth-order valence-electron chi connectivity index (χ4n) is 5.14. The summed E-state index contributed by atoms with van der Waals surface area (Å²) in [4.78, 5) is 25.1. The second-order valence-corrected chi connectivity index (χ2v) is 10.5. The van der Waals surface area contributed by atoms with Gasteiger partial charge in [-0.25, -0.2) is 4.99 Å². The third-order valence-corrected chi connectivity index (χ3v) is 7.72. The summed E-state index contributed by atoms with van der Waals surface area (Å²) in [5.41, 5.74) is 5.19. The number of anilines is 2. The van der Waals surface area contributed by atoms with Crippen molar-refractivity contribution in [1.29, 1.82) is 0 Å². The van der Waals surface area contributed by atoms with Gasteiger partial charge >= 0.3 is 0 Å². The quantitative estimate of drug-likeness (QED) is 0.364. The number of piperazine rings is 1. The van der Waals surface area contributed by atoms with E-state index in [1.54, 1.807) is 11.2 Å². The second kappa shape index (κ2) is 12.1. The Bertz CT molecular complexity index is 1430. The van der Waals surface area contributed by atoms with Crippen molar-refractivity contribution in [2.75, 3.05) is 50.0 Å². The number of amidine groups is 1. The van der Waals surface area contributed by atoms with E-state index in [2.05, 4.69) is 46.4 Å². The number of benzene rings is 2. The molecule has 8 heteroatoms. The van der Waals surface area contributed by atoms with Crippen molar-refractivity contribution in [3.63, 3.8) is 0 Å². The van der Waals surface area contributed by atoms with E-state index < -0.39 is 0 Å². The first kappa shape index (κ1) is 27.7. The van der Waals surface area contributed by atoms with E-state index in [9.17, 15) is 4.79 Å². The molecule has 3 aromatic rings. The maximum absolute atomic E-state index is 13.7. The van der Waals surface area contributed by atoms with Crippen LogP contribution in [0.5, 0.6) is 0 Å². The molecule has 7 nitrogen and oxygen atoms in total. The minimum Gasteiger partial charge on any atom is -0.464 e. The molecule has 0 saturated carbocycles. The van der Waals surface area contributed by atoms with Crippen LogP contribution in [0.25, 0.3) is 16.9 Å². The number of nitrogens with one attached hydrogen (secondary N) is 1. The summed E-state index contributed by atoms with van der Waals surface area (Å²) >= 11 is 6.69. The summed E-state index contributed by atoms with van der Waals surface area (Å²) in [5, 5.41) is 3.97. The Labute approximate surface area is 241 Å². The van der Waals surface area contributed by atoms with Gasteiger partial charge in [0.2, 0.25) is 0 Å². The third-order valence-electron chi connectivity index (χ3n) is 7.41. The largest absolute Gasteiger partial charge is 0.464 e. The van der Waals surface area contributed by atoms with Crippen LogP contribution in [0.2, 0.25) is 5.02 Å². The lowest BCUT2D eigenvalue weighted by atomic mass is 9.95. The normalized spacial score (nSPS) is 19.3. The number of likely N-dealkylation sites (N-methyl/N-ethyl adjacent to an activating group) is 2. The van der Waals surface area contributed by atoms with Gasteiger partial charge in [-0.1, -0.05) is 29.8 Å². The molecule has 2 aliphatic rings. The third kappa shape index (κ3) is 5.86. The van der Waals surface area contributed by atoms with Gasteiger partial charge in [-0.15, -0.1) is 0 Å². The van der Waals surface area contributed by atoms with Crippen LogP contribution in [0.4, 0.5) is 11.4 Å². The molecular formula is C32H36ClN5O2. The molecule has 3 heterocycles. The molecule has 5 rings (SSSR count). The van der Waals surface area contributed by atoms with E-state index in [1.807, 2.05) is 63.3 Å². The van der Waals surface area contributed by atoms with Crippen molar-refractivity contribution in [1.82, 2.24) is 9.80 Å². The molecular weight excluding hydrogens is 522 g/mol. The Morgan fingerprint density at radius 1 is 1.10 bits per heavy atom. The molecule has 1 N–H and O–H groups in total. The number of allylic oxidation sites excluding steroid dienone is 1. The van der Waals surface area contributed by atoms with Gasteiger partial charge in [0.15, 0.2) is 0 Å². The van der Waals surface area contributed by atoms with Crippen LogP contribution >= 0.6 is 11.6 Å². The highest BCUT2D eigenvalue weighted by atomic mass is 35.5. The topological polar surface area (TPSA) is 64.3 Å². The first-order chi connectivity index (χ1) is 19.4. The van der Waals surface area contributed by atoms with Gasteiger partial charge in [0.1, 0.15) is 17.8 Å². The van der Waals surface area contributed by atoms with Gasteiger partial charge in [0, 0.05) is 71.4 Å². The van der Waals surface area contributed by atoms with Crippen molar-refractivity contribution >= 4 is 40.3 Å². The molecule has 1 saturated heterocycles. The summed E-state index contributed by atoms with van der Waals surface area (Å²) in [6.45, 7) is 10.6. The molecule has 1 fully saturated rings. The van der Waals surface area contributed by atoms with E-state index in [4.69, 9.17) is 21.0 Å². The number of rotatable bonds is 7. The monoisotopic (exact) mass is 557 g/mol. The summed E-state index contributed by atoms with van der Waals surface area (Å²) in [5.74, 6) is 1.26. The van der Waals surface area contributed by atoms with Crippen molar-refractivity contribution in [3.8, 4) is 11.3 Å². The Hall–Kier alpha value is -3.81. The number of hydrogen-bond donors (Lipinski definition) is 1. The zero-order valence-electron chi connectivity index (χ0n) is 23.5. The van der Waals surface area contributed by atoms with Crippen LogP contribution in [0.15, 0.2) is 88.0 Å². The fourth-order valence-corrected chi connectivity index (χ4v) is 5.42. The standard InChI is InChI=1S/C32H36ClN5O2/c1-5-23-20-28(27-14-9-24(21-29(27)33)30-8-7-19-40-30)32(39)38(6-2)31(23)35-22(3)34-25-10-12-26(13-11-25)37-17-15-36(4)16-18-37/h5,7-14,19-22,34H,6,15-18H2,1-4H3/b23-5-,35-31+. The van der Waals surface area contributed by atoms with Crippen LogP contribution in [-0.2, 0) is 4.79 Å². The lowest BCUT2D eigenvalue weighted by Gasteiger charge is -2.34. The molecule has 0 bridgehead atoms. The first-order valence-corrected chi connectivity index (χ1v) is 14.2. The molecule has 1 amide bonds. The Morgan fingerprint density at radius 3 is 2.48 bits per heavy atom. The van der Waals surface area contributed by atoms with Crippen molar-refractivity contribution in [2.45, 2.75) is 26.9 Å². The number of nitrogens with zero attached hydrogens (tertiary/aromatic N) is 4. The average Bonchev–Trinajstić information content (AvgIpc) is 3.50. The summed E-state index contributed by atoms with van der Waals surface area (Å²) < 4.78 is 5.50. The average molecular weight is 558 g/mol. The smallest absolute Gasteiger partial charge is 0.260 e. The van der Waals surface area contributed by atoms with Crippen LogP contribution in [0.1, 0.15) is 26.3 Å². The van der Waals surface area contributed by atoms with Crippen LogP contribution in [-0.4, -0.2) is 67.5 Å². The Kier molecular flexibility index (Phi) is 8.43. The van der Waals surface area contributed by atoms with Gasteiger partial charge in [0.25, 0.3) is 5.91 Å². The number of carbonyl (C=O) groups excluding carboxylic acids is 1. The molecule has 0 spiro atoms. The maximum atomic E-state index is 13.7. The van der Waals surface area contributed by atoms with Gasteiger partial charge < -0.3 is 19.5 Å². The molecule has 1 atom stereocenters. The molecule has 40 heavy (non-hydrogen) atoms. The van der Waals surface area contributed by atoms with Crippen LogP contribution in [0.3, 0.4) is 0 Å². The fraction of sp³-hybridized carbons (Fsp3) is 0.312. The summed E-state index contributed by atoms with van der Waals surface area (Å²) in [6.07, 6.45) is 5.25. The Morgan fingerprint density at radius 2 is 1.85 bits per heavy atom. The van der Waals surface area contributed by atoms with E-state index in [0.29, 0.717) is 28.5 Å². The highest BCUT2D eigenvalue weighted by Crippen LogP contribution is 2.34. The van der Waals surface area contributed by atoms with Gasteiger partial charge in [-0.3, -0.25) is 9.69 Å². The van der Waals surface area contributed by atoms with Crippen molar-refractivity contribution in [2.24, 2.45) is 4.99 Å². The summed E-state index contributed by atoms with van der Waals surface area (Å²) in [6, 6.07) is 17.9. The number of hydrogen-bond acceptors (Lipinski definition) is 6. The number of halogens is 1. The molecule has 1 aromatic heterocycles. The summed E-state index contributed by atoms with van der Waals surface area (Å²) in [7, 11) is 2.16. The van der Waals surface area contributed by atoms with Crippen molar-refractivity contribution < 1.29 is 9.21 Å². The maximum Gasteiger partial charge on any atom is 0.260 e. The molecule has 2 aromatic carbocycles. The highest BCUT2D eigenvalue weighted by Gasteiger charge is 2.31. The molecule has 0 radical (unpaired) electrons. The lowest BCUT2D eigenvalue weighted by Crippen LogP contribution is -2.44. The SMILES string of the molecule is C/C=C1/C=C(c2ccc(-c3ccco3)cc2Cl)C(=O)N(CC)/C1=N/C(C)Nc1ccc(N2CCN(C)CC2)cc1. The van der Waals surface area contributed by atoms with Gasteiger partial charge in [0.05, 0.1) is 6.26 Å². The number of carbonyl (C=O) groups is 1. The number of furan rings is 1. The van der Waals surface area contributed by atoms with E-state index >= 15 is 0 Å². The first-order valence-electron chi connectivity index (χ1n) is 13.8. The minimum atomic E-state index is -0.243. The predicted molar refractivity (Wildman–Crippen MR) is 165 cm³/mol. The zero-order valence-corrected chi connectivity index (χ0v) is 24.3. The van der Waals surface area contributed by atoms with Crippen molar-refractivity contribution in [3.05, 3.63) is 89.2 Å². The molecule has 0 aliphatic carbocycles. The van der Waals surface area contributed by atoms with Crippen LogP contribution < -0.4 is 10.2 Å². The Balaban J connectivity index is 1.35. The minimum absolute atomic E-state index is 0.122. The molecule has 208 valence electrons. The zero-order chi connectivity index (χ0) is 28.2. The molecule has 1 unspecified atom stereocenters.